The van der Waals surface area contributed by atoms with E-state index >= 15 is 0 Å². The molecule has 0 fully saturated rings. The van der Waals surface area contributed by atoms with Gasteiger partial charge in [0.1, 0.15) is 5.82 Å². The van der Waals surface area contributed by atoms with E-state index in [1.54, 1.807) is 6.92 Å². The maximum absolute atomic E-state index is 13.7. The van der Waals surface area contributed by atoms with Gasteiger partial charge in [-0.3, -0.25) is 0 Å². The molecule has 0 radical (unpaired) electrons. The third kappa shape index (κ3) is 3.57. The van der Waals surface area contributed by atoms with E-state index in [9.17, 15) is 9.18 Å². The first kappa shape index (κ1) is 14.5. The average Bonchev–Trinajstić information content (AvgIpc) is 2.85. The Morgan fingerprint density at radius 1 is 1.40 bits per heavy atom. The Balaban J connectivity index is 1.99. The van der Waals surface area contributed by atoms with Crippen molar-refractivity contribution in [3.63, 3.8) is 0 Å². The Morgan fingerprint density at radius 2 is 2.20 bits per heavy atom. The number of hydrogen-bond donors (Lipinski definition) is 0. The second kappa shape index (κ2) is 6.51. The second-order valence-corrected chi connectivity index (χ2v) is 4.99. The Bertz CT molecular complexity index is 615. The summed E-state index contributed by atoms with van der Waals surface area (Å²) in [6.45, 7) is 1.71. The quantitative estimate of drug-likeness (QED) is 0.790. The zero-order chi connectivity index (χ0) is 14.5. The summed E-state index contributed by atoms with van der Waals surface area (Å²) in [7, 11) is 1.29. The maximum Gasteiger partial charge on any atom is 0.337 e. The monoisotopic (exact) mass is 296 g/mol. The van der Waals surface area contributed by atoms with E-state index in [0.717, 1.165) is 0 Å². The standard InChI is InChI=1S/C13H13FN2O3S/c1-8-15-16-12(19-8)7-20-6-10-5-9(13(17)18-2)3-4-11(10)14/h3-5H,6-7H2,1-2H3. The Labute approximate surface area is 119 Å². The topological polar surface area (TPSA) is 65.2 Å². The van der Waals surface area contributed by atoms with Crippen molar-refractivity contribution in [1.29, 1.82) is 0 Å². The summed E-state index contributed by atoms with van der Waals surface area (Å²) in [4.78, 5) is 11.4. The number of carbonyl (C=O) groups excluding carboxylic acids is 1. The lowest BCUT2D eigenvalue weighted by molar-refractivity contribution is 0.0600. The van der Waals surface area contributed by atoms with Crippen LogP contribution in [0.4, 0.5) is 4.39 Å². The van der Waals surface area contributed by atoms with Crippen LogP contribution in [0.15, 0.2) is 22.6 Å². The zero-order valence-corrected chi connectivity index (χ0v) is 11.9. The Morgan fingerprint density at radius 3 is 2.85 bits per heavy atom. The van der Waals surface area contributed by atoms with Crippen LogP contribution in [0.5, 0.6) is 0 Å². The van der Waals surface area contributed by atoms with Crippen molar-refractivity contribution < 1.29 is 18.3 Å². The van der Waals surface area contributed by atoms with Crippen molar-refractivity contribution in [2.24, 2.45) is 0 Å². The summed E-state index contributed by atoms with van der Waals surface area (Å²) >= 11 is 1.43. The van der Waals surface area contributed by atoms with E-state index in [2.05, 4.69) is 14.9 Å². The molecule has 0 spiro atoms. The van der Waals surface area contributed by atoms with Crippen molar-refractivity contribution >= 4 is 17.7 Å². The molecule has 0 aliphatic rings. The molecular weight excluding hydrogens is 283 g/mol. The van der Waals surface area contributed by atoms with Gasteiger partial charge in [-0.15, -0.1) is 22.0 Å². The molecule has 0 aliphatic carbocycles. The number of methoxy groups -OCH3 is 1. The van der Waals surface area contributed by atoms with Gasteiger partial charge in [-0.1, -0.05) is 0 Å². The van der Waals surface area contributed by atoms with Crippen molar-refractivity contribution in [2.45, 2.75) is 18.4 Å². The highest BCUT2D eigenvalue weighted by molar-refractivity contribution is 7.97. The lowest BCUT2D eigenvalue weighted by atomic mass is 10.1. The number of rotatable bonds is 5. The summed E-state index contributed by atoms with van der Waals surface area (Å²) in [6, 6.07) is 4.16. The molecule has 0 N–H and O–H groups in total. The highest BCUT2D eigenvalue weighted by atomic mass is 32.2. The number of hydrogen-bond acceptors (Lipinski definition) is 6. The lowest BCUT2D eigenvalue weighted by Crippen LogP contribution is -2.02. The highest BCUT2D eigenvalue weighted by Gasteiger charge is 2.10. The fourth-order valence-electron chi connectivity index (χ4n) is 1.57. The fourth-order valence-corrected chi connectivity index (χ4v) is 2.41. The smallest absolute Gasteiger partial charge is 0.337 e. The van der Waals surface area contributed by atoms with E-state index in [4.69, 9.17) is 4.42 Å². The minimum atomic E-state index is -0.483. The summed E-state index contributed by atoms with van der Waals surface area (Å²) in [6.07, 6.45) is 0. The number of nitrogens with zero attached hydrogens (tertiary/aromatic N) is 2. The molecule has 106 valence electrons. The second-order valence-electron chi connectivity index (χ2n) is 4.01. The van der Waals surface area contributed by atoms with Crippen LogP contribution in [0.2, 0.25) is 0 Å². The van der Waals surface area contributed by atoms with Crippen LogP contribution in [0.1, 0.15) is 27.7 Å². The minimum absolute atomic E-state index is 0.332. The van der Waals surface area contributed by atoms with E-state index < -0.39 is 5.97 Å². The van der Waals surface area contributed by atoms with Crippen LogP contribution >= 0.6 is 11.8 Å². The largest absolute Gasteiger partial charge is 0.465 e. The molecular formula is C13H13FN2O3S. The van der Waals surface area contributed by atoms with E-state index in [0.29, 0.717) is 34.4 Å². The Kier molecular flexibility index (Phi) is 4.73. The first-order valence-corrected chi connectivity index (χ1v) is 6.99. The highest BCUT2D eigenvalue weighted by Crippen LogP contribution is 2.20. The number of aryl methyl sites for hydroxylation is 1. The average molecular weight is 296 g/mol. The minimum Gasteiger partial charge on any atom is -0.465 e. The van der Waals surface area contributed by atoms with Crippen molar-refractivity contribution in [1.82, 2.24) is 10.2 Å². The first-order valence-electron chi connectivity index (χ1n) is 5.83. The number of ether oxygens (including phenoxy) is 1. The number of thioether (sulfide) groups is 1. The van der Waals surface area contributed by atoms with Gasteiger partial charge in [0.2, 0.25) is 11.8 Å². The van der Waals surface area contributed by atoms with Gasteiger partial charge in [-0.2, -0.15) is 0 Å². The first-order chi connectivity index (χ1) is 9.60. The molecule has 1 aromatic heterocycles. The molecule has 7 heteroatoms. The van der Waals surface area contributed by atoms with Crippen LogP contribution in [-0.2, 0) is 16.2 Å². The molecule has 0 saturated heterocycles. The molecule has 0 atom stereocenters. The summed E-state index contributed by atoms with van der Waals surface area (Å²) < 4.78 is 23.5. The van der Waals surface area contributed by atoms with Crippen molar-refractivity contribution in [2.75, 3.05) is 7.11 Å². The third-order valence-corrected chi connectivity index (χ3v) is 3.48. The number of halogens is 1. The van der Waals surface area contributed by atoms with Gasteiger partial charge in [0.05, 0.1) is 18.4 Å². The number of benzene rings is 1. The zero-order valence-electron chi connectivity index (χ0n) is 11.1. The molecule has 1 heterocycles. The molecule has 2 rings (SSSR count). The van der Waals surface area contributed by atoms with Gasteiger partial charge >= 0.3 is 5.97 Å². The molecule has 5 nitrogen and oxygen atoms in total. The van der Waals surface area contributed by atoms with Crippen LogP contribution in [-0.4, -0.2) is 23.3 Å². The van der Waals surface area contributed by atoms with Gasteiger partial charge in [0.15, 0.2) is 0 Å². The summed E-state index contributed by atoms with van der Waals surface area (Å²) in [5, 5.41) is 7.57. The predicted molar refractivity (Wildman–Crippen MR) is 71.8 cm³/mol. The van der Waals surface area contributed by atoms with Crippen LogP contribution in [0.3, 0.4) is 0 Å². The van der Waals surface area contributed by atoms with Crippen molar-refractivity contribution in [3.8, 4) is 0 Å². The molecule has 0 bridgehead atoms. The predicted octanol–water partition coefficient (Wildman–Crippen LogP) is 2.74. The molecule has 0 unspecified atom stereocenters. The molecule has 1 aromatic carbocycles. The van der Waals surface area contributed by atoms with Crippen molar-refractivity contribution in [3.05, 3.63) is 46.9 Å². The normalized spacial score (nSPS) is 10.6. The molecule has 0 aliphatic heterocycles. The van der Waals surface area contributed by atoms with E-state index in [1.807, 2.05) is 0 Å². The third-order valence-electron chi connectivity index (χ3n) is 2.52. The molecule has 2 aromatic rings. The molecule has 0 saturated carbocycles. The molecule has 20 heavy (non-hydrogen) atoms. The number of carbonyl (C=O) groups is 1. The van der Waals surface area contributed by atoms with Gasteiger partial charge < -0.3 is 9.15 Å². The number of aromatic nitrogens is 2. The number of esters is 1. The van der Waals surface area contributed by atoms with Crippen LogP contribution < -0.4 is 0 Å². The van der Waals surface area contributed by atoms with Gasteiger partial charge in [0.25, 0.3) is 0 Å². The maximum atomic E-state index is 13.7. The van der Waals surface area contributed by atoms with Gasteiger partial charge in [-0.25, -0.2) is 9.18 Å². The summed E-state index contributed by atoms with van der Waals surface area (Å²) in [5.41, 5.74) is 0.771. The van der Waals surface area contributed by atoms with Crippen LogP contribution in [0, 0.1) is 12.7 Å². The van der Waals surface area contributed by atoms with Gasteiger partial charge in [-0.05, 0) is 23.8 Å². The van der Waals surface area contributed by atoms with Crippen LogP contribution in [0.25, 0.3) is 0 Å². The van der Waals surface area contributed by atoms with Gasteiger partial charge in [0, 0.05) is 12.7 Å². The fraction of sp³-hybridized carbons (Fsp3) is 0.308. The van der Waals surface area contributed by atoms with E-state index in [1.165, 1.54) is 37.1 Å². The Hall–Kier alpha value is -1.89. The molecule has 0 amide bonds. The summed E-state index contributed by atoms with van der Waals surface area (Å²) in [5.74, 6) is 1.05. The van der Waals surface area contributed by atoms with E-state index in [-0.39, 0.29) is 5.82 Å². The lowest BCUT2D eigenvalue weighted by Gasteiger charge is -2.05. The SMILES string of the molecule is COC(=O)c1ccc(F)c(CSCc2nnc(C)o2)c1.